The summed E-state index contributed by atoms with van der Waals surface area (Å²) in [7, 11) is -3.93. The molecule has 1 N–H and O–H groups in total. The summed E-state index contributed by atoms with van der Waals surface area (Å²) in [6, 6.07) is 9.22. The van der Waals surface area contributed by atoms with Crippen molar-refractivity contribution in [2.75, 3.05) is 4.72 Å². The highest BCUT2D eigenvalue weighted by atomic mass is 32.2. The molecule has 0 amide bonds. The van der Waals surface area contributed by atoms with Crippen LogP contribution in [-0.2, 0) is 10.0 Å². The molecule has 0 atom stereocenters. The van der Waals surface area contributed by atoms with Gasteiger partial charge in [-0.05, 0) is 36.8 Å². The highest BCUT2D eigenvalue weighted by molar-refractivity contribution is 7.92. The van der Waals surface area contributed by atoms with Crippen molar-refractivity contribution in [2.24, 2.45) is 0 Å². The Morgan fingerprint density at radius 3 is 2.32 bits per heavy atom. The summed E-state index contributed by atoms with van der Waals surface area (Å²) in [5.74, 6) is -2.29. The Bertz CT molecular complexity index is 714. The number of aryl methyl sites for hydroxylation is 1. The van der Waals surface area contributed by atoms with E-state index in [1.807, 2.05) is 0 Å². The summed E-state index contributed by atoms with van der Waals surface area (Å²) >= 11 is 0. The lowest BCUT2D eigenvalue weighted by atomic mass is 10.2. The second-order valence-electron chi connectivity index (χ2n) is 4.00. The van der Waals surface area contributed by atoms with Gasteiger partial charge in [-0.1, -0.05) is 18.2 Å². The summed E-state index contributed by atoms with van der Waals surface area (Å²) in [5.41, 5.74) is 1.13. The summed E-state index contributed by atoms with van der Waals surface area (Å²) in [6.45, 7) is 1.74. The first-order valence-corrected chi connectivity index (χ1v) is 6.92. The molecule has 0 aromatic heterocycles. The van der Waals surface area contributed by atoms with Crippen LogP contribution in [0.5, 0.6) is 0 Å². The number of halogens is 2. The van der Waals surface area contributed by atoms with Gasteiger partial charge < -0.3 is 0 Å². The van der Waals surface area contributed by atoms with Crippen LogP contribution >= 0.6 is 0 Å². The van der Waals surface area contributed by atoms with Gasteiger partial charge in [-0.25, -0.2) is 17.2 Å². The van der Waals surface area contributed by atoms with Gasteiger partial charge in [0.05, 0.1) is 10.6 Å². The second kappa shape index (κ2) is 4.97. The van der Waals surface area contributed by atoms with Crippen molar-refractivity contribution in [1.29, 1.82) is 0 Å². The number of benzene rings is 2. The number of para-hydroxylation sites is 1. The first-order valence-electron chi connectivity index (χ1n) is 5.43. The highest BCUT2D eigenvalue weighted by Crippen LogP contribution is 2.20. The molecular formula is C13H11F2NO2S. The summed E-state index contributed by atoms with van der Waals surface area (Å²) in [4.78, 5) is -0.324. The Labute approximate surface area is 109 Å². The SMILES string of the molecule is Cc1ccccc1NS(=O)(=O)c1ccc(F)c(F)c1. The van der Waals surface area contributed by atoms with Gasteiger partial charge in [-0.15, -0.1) is 0 Å². The van der Waals surface area contributed by atoms with Gasteiger partial charge in [0.15, 0.2) is 11.6 Å². The monoisotopic (exact) mass is 283 g/mol. The third-order valence-corrected chi connectivity index (χ3v) is 3.95. The van der Waals surface area contributed by atoms with Gasteiger partial charge in [0.1, 0.15) is 0 Å². The zero-order valence-electron chi connectivity index (χ0n) is 10.0. The van der Waals surface area contributed by atoms with E-state index in [1.165, 1.54) is 0 Å². The van der Waals surface area contributed by atoms with E-state index in [0.29, 0.717) is 11.8 Å². The first kappa shape index (κ1) is 13.5. The smallest absolute Gasteiger partial charge is 0.262 e. The minimum Gasteiger partial charge on any atom is -0.279 e. The van der Waals surface area contributed by atoms with Gasteiger partial charge in [0, 0.05) is 0 Å². The minimum atomic E-state index is -3.93. The van der Waals surface area contributed by atoms with Gasteiger partial charge in [0.2, 0.25) is 0 Å². The first-order chi connectivity index (χ1) is 8.90. The van der Waals surface area contributed by atoms with Crippen molar-refractivity contribution in [3.05, 3.63) is 59.7 Å². The predicted octanol–water partition coefficient (Wildman–Crippen LogP) is 3.07. The zero-order chi connectivity index (χ0) is 14.0. The Hall–Kier alpha value is -1.95. The molecule has 19 heavy (non-hydrogen) atoms. The minimum absolute atomic E-state index is 0.324. The molecule has 2 aromatic carbocycles. The van der Waals surface area contributed by atoms with Crippen molar-refractivity contribution in [3.63, 3.8) is 0 Å². The quantitative estimate of drug-likeness (QED) is 0.941. The van der Waals surface area contributed by atoms with Crippen LogP contribution in [-0.4, -0.2) is 8.42 Å². The van der Waals surface area contributed by atoms with Crippen LogP contribution in [0.15, 0.2) is 47.4 Å². The Kier molecular flexibility index (Phi) is 3.53. The molecule has 100 valence electrons. The number of sulfonamides is 1. The van der Waals surface area contributed by atoms with Crippen molar-refractivity contribution in [1.82, 2.24) is 0 Å². The van der Waals surface area contributed by atoms with E-state index in [-0.39, 0.29) is 4.90 Å². The van der Waals surface area contributed by atoms with E-state index >= 15 is 0 Å². The van der Waals surface area contributed by atoms with E-state index in [1.54, 1.807) is 31.2 Å². The molecule has 0 radical (unpaired) electrons. The third kappa shape index (κ3) is 2.90. The van der Waals surface area contributed by atoms with Crippen LogP contribution in [0.4, 0.5) is 14.5 Å². The number of anilines is 1. The molecule has 0 heterocycles. The number of hydrogen-bond donors (Lipinski definition) is 1. The fourth-order valence-electron chi connectivity index (χ4n) is 1.54. The lowest BCUT2D eigenvalue weighted by Gasteiger charge is -2.10. The largest absolute Gasteiger partial charge is 0.279 e. The molecule has 2 rings (SSSR count). The van der Waals surface area contributed by atoms with Gasteiger partial charge in [-0.3, -0.25) is 4.72 Å². The Balaban J connectivity index is 2.38. The van der Waals surface area contributed by atoms with Gasteiger partial charge in [0.25, 0.3) is 10.0 Å². The van der Waals surface area contributed by atoms with Gasteiger partial charge >= 0.3 is 0 Å². The highest BCUT2D eigenvalue weighted by Gasteiger charge is 2.17. The Morgan fingerprint density at radius 2 is 1.68 bits per heavy atom. The molecule has 0 spiro atoms. The Morgan fingerprint density at radius 1 is 1.00 bits per heavy atom. The van der Waals surface area contributed by atoms with Crippen LogP contribution in [0.25, 0.3) is 0 Å². The fraction of sp³-hybridized carbons (Fsp3) is 0.0769. The van der Waals surface area contributed by atoms with Crippen LogP contribution in [0.3, 0.4) is 0 Å². The van der Waals surface area contributed by atoms with Crippen LogP contribution in [0, 0.1) is 18.6 Å². The molecule has 0 aliphatic carbocycles. The zero-order valence-corrected chi connectivity index (χ0v) is 10.8. The van der Waals surface area contributed by atoms with E-state index in [0.717, 1.165) is 17.7 Å². The molecule has 0 unspecified atom stereocenters. The molecule has 0 bridgehead atoms. The van der Waals surface area contributed by atoms with Crippen molar-refractivity contribution < 1.29 is 17.2 Å². The van der Waals surface area contributed by atoms with Crippen LogP contribution < -0.4 is 4.72 Å². The maximum Gasteiger partial charge on any atom is 0.262 e. The van der Waals surface area contributed by atoms with Crippen molar-refractivity contribution >= 4 is 15.7 Å². The van der Waals surface area contributed by atoms with E-state index in [9.17, 15) is 17.2 Å². The van der Waals surface area contributed by atoms with E-state index < -0.39 is 21.7 Å². The number of nitrogens with one attached hydrogen (secondary N) is 1. The molecule has 0 fully saturated rings. The topological polar surface area (TPSA) is 46.2 Å². The summed E-state index contributed by atoms with van der Waals surface area (Å²) < 4.78 is 52.2. The maximum absolute atomic E-state index is 13.1. The molecule has 0 saturated carbocycles. The summed E-state index contributed by atoms with van der Waals surface area (Å²) in [6.07, 6.45) is 0. The number of rotatable bonds is 3. The normalized spacial score (nSPS) is 11.3. The van der Waals surface area contributed by atoms with E-state index in [4.69, 9.17) is 0 Å². The average molecular weight is 283 g/mol. The second-order valence-corrected chi connectivity index (χ2v) is 5.68. The number of hydrogen-bond acceptors (Lipinski definition) is 2. The van der Waals surface area contributed by atoms with Crippen molar-refractivity contribution in [3.8, 4) is 0 Å². The molecule has 0 saturated heterocycles. The predicted molar refractivity (Wildman–Crippen MR) is 68.3 cm³/mol. The van der Waals surface area contributed by atoms with Crippen LogP contribution in [0.1, 0.15) is 5.56 Å². The summed E-state index contributed by atoms with van der Waals surface area (Å²) in [5, 5.41) is 0. The van der Waals surface area contributed by atoms with E-state index in [2.05, 4.69) is 4.72 Å². The lowest BCUT2D eigenvalue weighted by molar-refractivity contribution is 0.504. The molecule has 0 aliphatic rings. The molecule has 3 nitrogen and oxygen atoms in total. The van der Waals surface area contributed by atoms with Crippen LogP contribution in [0.2, 0.25) is 0 Å². The van der Waals surface area contributed by atoms with Gasteiger partial charge in [-0.2, -0.15) is 0 Å². The van der Waals surface area contributed by atoms with Crippen molar-refractivity contribution in [2.45, 2.75) is 11.8 Å². The maximum atomic E-state index is 13.1. The molecular weight excluding hydrogens is 272 g/mol. The molecule has 2 aromatic rings. The third-order valence-electron chi connectivity index (χ3n) is 2.59. The molecule has 6 heteroatoms. The average Bonchev–Trinajstić information content (AvgIpc) is 2.35. The fourth-order valence-corrected chi connectivity index (χ4v) is 2.68. The molecule has 0 aliphatic heterocycles. The lowest BCUT2D eigenvalue weighted by Crippen LogP contribution is -2.14. The standard InChI is InChI=1S/C13H11F2NO2S/c1-9-4-2-3-5-13(9)16-19(17,18)10-6-7-11(14)12(15)8-10/h2-8,16H,1H3.